The van der Waals surface area contributed by atoms with Crippen molar-refractivity contribution in [2.75, 3.05) is 0 Å². The van der Waals surface area contributed by atoms with Gasteiger partial charge in [-0.05, 0) is 38.8 Å². The summed E-state index contributed by atoms with van der Waals surface area (Å²) in [6.45, 7) is 4.45. The van der Waals surface area contributed by atoms with Crippen molar-refractivity contribution in [1.29, 1.82) is 0 Å². The zero-order valence-electron chi connectivity index (χ0n) is 14.0. The maximum atomic E-state index is 5.98. The average Bonchev–Trinajstić information content (AvgIpc) is 2.97. The van der Waals surface area contributed by atoms with E-state index in [2.05, 4.69) is 29.1 Å². The third-order valence-corrected chi connectivity index (χ3v) is 4.58. The van der Waals surface area contributed by atoms with Gasteiger partial charge in [0.2, 0.25) is 0 Å². The lowest BCUT2D eigenvalue weighted by Gasteiger charge is -2.32. The van der Waals surface area contributed by atoms with Crippen molar-refractivity contribution in [1.82, 2.24) is 20.3 Å². The number of aromatic nitrogens is 3. The number of ether oxygens (including phenoxy) is 1. The number of rotatable bonds is 3. The lowest BCUT2D eigenvalue weighted by molar-refractivity contribution is 0.310. The lowest BCUT2D eigenvalue weighted by atomic mass is 9.88. The van der Waals surface area contributed by atoms with E-state index in [0.717, 1.165) is 41.2 Å². The van der Waals surface area contributed by atoms with Gasteiger partial charge in [-0.2, -0.15) is 0 Å². The van der Waals surface area contributed by atoms with Gasteiger partial charge < -0.3 is 15.0 Å². The molecule has 1 aliphatic heterocycles. The fourth-order valence-corrected chi connectivity index (χ4v) is 3.57. The number of H-pyrrole nitrogens is 1. The number of benzene rings is 1. The smallest absolute Gasteiger partial charge is 0.171 e. The number of nitrogens with one attached hydrogen (secondary N) is 2. The Balaban J connectivity index is 1.66. The molecule has 124 valence electrons. The van der Waals surface area contributed by atoms with Gasteiger partial charge in [0.05, 0.1) is 11.7 Å². The SMILES string of the molecule is CC1CC(c2ncc3[nH]cc(Oc4ccccc4)c3n2)CC(C)N1. The van der Waals surface area contributed by atoms with E-state index in [1.165, 1.54) is 0 Å². The van der Waals surface area contributed by atoms with Gasteiger partial charge in [-0.25, -0.2) is 9.97 Å². The number of para-hydroxylation sites is 1. The van der Waals surface area contributed by atoms with Gasteiger partial charge in [-0.3, -0.25) is 0 Å². The molecule has 4 rings (SSSR count). The number of piperidine rings is 1. The van der Waals surface area contributed by atoms with Crippen LogP contribution in [-0.4, -0.2) is 27.0 Å². The lowest BCUT2D eigenvalue weighted by Crippen LogP contribution is -2.41. The number of aromatic amines is 1. The Hall–Kier alpha value is -2.40. The van der Waals surface area contributed by atoms with Crippen molar-refractivity contribution >= 4 is 11.0 Å². The van der Waals surface area contributed by atoms with Crippen molar-refractivity contribution in [3.8, 4) is 11.5 Å². The fraction of sp³-hybridized carbons (Fsp3) is 0.368. The maximum Gasteiger partial charge on any atom is 0.171 e. The molecule has 2 unspecified atom stereocenters. The zero-order valence-corrected chi connectivity index (χ0v) is 14.0. The van der Waals surface area contributed by atoms with Gasteiger partial charge >= 0.3 is 0 Å². The normalized spacial score (nSPS) is 24.2. The van der Waals surface area contributed by atoms with Crippen LogP contribution in [0.5, 0.6) is 11.5 Å². The first kappa shape index (κ1) is 15.1. The summed E-state index contributed by atoms with van der Waals surface area (Å²) in [5.74, 6) is 2.86. The summed E-state index contributed by atoms with van der Waals surface area (Å²) in [6, 6.07) is 10.8. The van der Waals surface area contributed by atoms with E-state index in [4.69, 9.17) is 9.72 Å². The zero-order chi connectivity index (χ0) is 16.5. The van der Waals surface area contributed by atoms with Crippen molar-refractivity contribution in [3.63, 3.8) is 0 Å². The van der Waals surface area contributed by atoms with E-state index >= 15 is 0 Å². The second-order valence-electron chi connectivity index (χ2n) is 6.70. The highest BCUT2D eigenvalue weighted by atomic mass is 16.5. The average molecular weight is 322 g/mol. The second-order valence-corrected chi connectivity index (χ2v) is 6.70. The third-order valence-electron chi connectivity index (χ3n) is 4.58. The number of fused-ring (bicyclic) bond motifs is 1. The first-order valence-corrected chi connectivity index (χ1v) is 8.52. The molecule has 1 aliphatic rings. The molecule has 0 aliphatic carbocycles. The van der Waals surface area contributed by atoms with Crippen LogP contribution in [0.25, 0.3) is 11.0 Å². The van der Waals surface area contributed by atoms with Gasteiger partial charge in [0, 0.05) is 24.2 Å². The highest BCUT2D eigenvalue weighted by molar-refractivity contribution is 5.81. The highest BCUT2D eigenvalue weighted by Crippen LogP contribution is 2.32. The molecule has 1 saturated heterocycles. The summed E-state index contributed by atoms with van der Waals surface area (Å²) in [7, 11) is 0. The van der Waals surface area contributed by atoms with Crippen LogP contribution in [0.2, 0.25) is 0 Å². The van der Waals surface area contributed by atoms with Crippen LogP contribution in [0, 0.1) is 0 Å². The number of hydrogen-bond donors (Lipinski definition) is 2. The van der Waals surface area contributed by atoms with E-state index in [1.54, 1.807) is 0 Å². The van der Waals surface area contributed by atoms with Crippen LogP contribution in [-0.2, 0) is 0 Å². The topological polar surface area (TPSA) is 62.8 Å². The van der Waals surface area contributed by atoms with E-state index < -0.39 is 0 Å². The van der Waals surface area contributed by atoms with Crippen molar-refractivity contribution in [3.05, 3.63) is 48.5 Å². The Morgan fingerprint density at radius 2 is 1.83 bits per heavy atom. The molecule has 2 aromatic heterocycles. The summed E-state index contributed by atoms with van der Waals surface area (Å²) in [5, 5.41) is 3.57. The molecule has 2 N–H and O–H groups in total. The van der Waals surface area contributed by atoms with E-state index in [9.17, 15) is 0 Å². The number of hydrogen-bond acceptors (Lipinski definition) is 4. The van der Waals surface area contributed by atoms with Crippen LogP contribution in [0.4, 0.5) is 0 Å². The molecule has 5 heteroatoms. The van der Waals surface area contributed by atoms with Crippen molar-refractivity contribution in [2.24, 2.45) is 0 Å². The van der Waals surface area contributed by atoms with Crippen molar-refractivity contribution in [2.45, 2.75) is 44.7 Å². The summed E-state index contributed by atoms with van der Waals surface area (Å²) >= 11 is 0. The molecule has 24 heavy (non-hydrogen) atoms. The summed E-state index contributed by atoms with van der Waals surface area (Å²) in [6.07, 6.45) is 5.85. The Kier molecular flexibility index (Phi) is 3.94. The Morgan fingerprint density at radius 1 is 1.08 bits per heavy atom. The third kappa shape index (κ3) is 2.99. The predicted octanol–water partition coefficient (Wildman–Crippen LogP) is 3.99. The molecule has 0 radical (unpaired) electrons. The summed E-state index contributed by atoms with van der Waals surface area (Å²) in [4.78, 5) is 12.6. The monoisotopic (exact) mass is 322 g/mol. The first-order chi connectivity index (χ1) is 11.7. The standard InChI is InChI=1S/C19H22N4O/c1-12-8-14(9-13(2)22-12)19-21-10-16-18(23-19)17(11-20-16)24-15-6-4-3-5-7-15/h3-7,10-14,20,22H,8-9H2,1-2H3. The van der Waals surface area contributed by atoms with Crippen molar-refractivity contribution < 1.29 is 4.74 Å². The van der Waals surface area contributed by atoms with E-state index in [-0.39, 0.29) is 0 Å². The summed E-state index contributed by atoms with van der Waals surface area (Å²) in [5.41, 5.74) is 1.75. The molecule has 3 heterocycles. The van der Waals surface area contributed by atoms with Crippen LogP contribution in [0.3, 0.4) is 0 Å². The maximum absolute atomic E-state index is 5.98. The Labute approximate surface area is 141 Å². The number of nitrogens with zero attached hydrogens (tertiary/aromatic N) is 2. The fourth-order valence-electron chi connectivity index (χ4n) is 3.57. The van der Waals surface area contributed by atoms with Gasteiger partial charge in [-0.1, -0.05) is 18.2 Å². The van der Waals surface area contributed by atoms with Crippen LogP contribution in [0.15, 0.2) is 42.7 Å². The van der Waals surface area contributed by atoms with Gasteiger partial charge in [0.25, 0.3) is 0 Å². The highest BCUT2D eigenvalue weighted by Gasteiger charge is 2.26. The molecule has 1 aromatic carbocycles. The first-order valence-electron chi connectivity index (χ1n) is 8.52. The molecule has 2 atom stereocenters. The molecule has 5 nitrogen and oxygen atoms in total. The van der Waals surface area contributed by atoms with Gasteiger partial charge in [0.1, 0.15) is 17.1 Å². The molecule has 0 spiro atoms. The van der Waals surface area contributed by atoms with E-state index in [0.29, 0.717) is 18.0 Å². The molecular formula is C19H22N4O. The molecular weight excluding hydrogens is 300 g/mol. The minimum Gasteiger partial charge on any atom is -0.453 e. The molecule has 1 fully saturated rings. The predicted molar refractivity (Wildman–Crippen MR) is 94.4 cm³/mol. The van der Waals surface area contributed by atoms with Crippen LogP contribution < -0.4 is 10.1 Å². The minimum absolute atomic E-state index is 0.389. The summed E-state index contributed by atoms with van der Waals surface area (Å²) < 4.78 is 5.98. The minimum atomic E-state index is 0.389. The largest absolute Gasteiger partial charge is 0.453 e. The Morgan fingerprint density at radius 3 is 2.58 bits per heavy atom. The molecule has 0 amide bonds. The molecule has 3 aromatic rings. The van der Waals surface area contributed by atoms with Gasteiger partial charge in [-0.15, -0.1) is 0 Å². The molecule has 0 bridgehead atoms. The Bertz CT molecular complexity index is 820. The second kappa shape index (κ2) is 6.24. The molecule has 0 saturated carbocycles. The van der Waals surface area contributed by atoms with Gasteiger partial charge in [0.15, 0.2) is 5.75 Å². The van der Waals surface area contributed by atoms with E-state index in [1.807, 2.05) is 42.7 Å². The van der Waals surface area contributed by atoms with Crippen LogP contribution in [0.1, 0.15) is 38.4 Å². The van der Waals surface area contributed by atoms with Crippen LogP contribution >= 0.6 is 0 Å². The quantitative estimate of drug-likeness (QED) is 0.765.